The van der Waals surface area contributed by atoms with E-state index in [1.807, 2.05) is 0 Å². The maximum atomic E-state index is 15.6. The normalized spacial score (nSPS) is 27.8. The van der Waals surface area contributed by atoms with Gasteiger partial charge in [0.2, 0.25) is 11.3 Å². The van der Waals surface area contributed by atoms with Gasteiger partial charge in [-0.05, 0) is 5.56 Å². The largest absolute Gasteiger partial charge is 0.231 e. The first-order chi connectivity index (χ1) is 10.9. The van der Waals surface area contributed by atoms with Crippen LogP contribution in [0.15, 0.2) is 84.2 Å². The summed E-state index contributed by atoms with van der Waals surface area (Å²) in [5, 5.41) is 0. The Bertz CT molecular complexity index is 782. The summed E-state index contributed by atoms with van der Waals surface area (Å²) in [6, 6.07) is 13.2. The third-order valence-electron chi connectivity index (χ3n) is 3.90. The average Bonchev–Trinajstić information content (AvgIpc) is 2.59. The molecule has 3 rings (SSSR count). The smallest absolute Gasteiger partial charge is 0.229 e. The van der Waals surface area contributed by atoms with Crippen LogP contribution in [-0.2, 0) is 11.3 Å². The van der Waals surface area contributed by atoms with E-state index in [4.69, 9.17) is 0 Å². The van der Waals surface area contributed by atoms with Gasteiger partial charge in [-0.15, -0.1) is 0 Å². The molecule has 0 N–H and O–H groups in total. The molecule has 0 amide bonds. The minimum atomic E-state index is -3.50. The molecule has 2 atom stereocenters. The molecule has 0 nitrogen and oxygen atoms in total. The second-order valence-corrected chi connectivity index (χ2v) is 5.22. The quantitative estimate of drug-likeness (QED) is 0.619. The number of benzene rings is 2. The fourth-order valence-electron chi connectivity index (χ4n) is 2.72. The molecule has 1 aliphatic carbocycles. The SMILES string of the molecule is FC1=CC(F)(c2ccccc2)C(F)(c2ccccc2)C(F)=C1F. The third-order valence-corrected chi connectivity index (χ3v) is 3.90. The van der Waals surface area contributed by atoms with Crippen LogP contribution in [0.5, 0.6) is 0 Å². The van der Waals surface area contributed by atoms with E-state index in [9.17, 15) is 13.2 Å². The molecule has 0 saturated carbocycles. The minimum Gasteiger partial charge on any atom is -0.229 e. The lowest BCUT2D eigenvalue weighted by Gasteiger charge is -2.39. The van der Waals surface area contributed by atoms with Crippen LogP contribution in [0, 0.1) is 0 Å². The molecule has 23 heavy (non-hydrogen) atoms. The molecular weight excluding hydrogens is 311 g/mol. The predicted octanol–water partition coefficient (Wildman–Crippen LogP) is 5.73. The van der Waals surface area contributed by atoms with Crippen molar-refractivity contribution in [1.82, 2.24) is 0 Å². The molecule has 118 valence electrons. The van der Waals surface area contributed by atoms with Gasteiger partial charge in [0.1, 0.15) is 0 Å². The van der Waals surface area contributed by atoms with Crippen molar-refractivity contribution in [2.45, 2.75) is 11.3 Å². The molecule has 0 aromatic heterocycles. The Kier molecular flexibility index (Phi) is 3.59. The van der Waals surface area contributed by atoms with Gasteiger partial charge < -0.3 is 0 Å². The van der Waals surface area contributed by atoms with Crippen molar-refractivity contribution in [1.29, 1.82) is 0 Å². The van der Waals surface area contributed by atoms with Gasteiger partial charge in [-0.1, -0.05) is 60.7 Å². The zero-order valence-corrected chi connectivity index (χ0v) is 11.7. The fourth-order valence-corrected chi connectivity index (χ4v) is 2.72. The van der Waals surface area contributed by atoms with Crippen LogP contribution in [-0.4, -0.2) is 0 Å². The van der Waals surface area contributed by atoms with Gasteiger partial charge in [0, 0.05) is 11.6 Å². The Morgan fingerprint density at radius 2 is 1.13 bits per heavy atom. The van der Waals surface area contributed by atoms with Crippen LogP contribution in [0.1, 0.15) is 11.1 Å². The highest BCUT2D eigenvalue weighted by atomic mass is 19.2. The molecule has 0 fully saturated rings. The summed E-state index contributed by atoms with van der Waals surface area (Å²) >= 11 is 0. The molecule has 0 spiro atoms. The van der Waals surface area contributed by atoms with Crippen LogP contribution in [0.25, 0.3) is 0 Å². The van der Waals surface area contributed by atoms with Crippen molar-refractivity contribution < 1.29 is 22.0 Å². The van der Waals surface area contributed by atoms with Crippen LogP contribution >= 0.6 is 0 Å². The summed E-state index contributed by atoms with van der Waals surface area (Å²) in [5.41, 5.74) is -7.49. The molecule has 0 bridgehead atoms. The van der Waals surface area contributed by atoms with Crippen molar-refractivity contribution in [2.24, 2.45) is 0 Å². The number of alkyl halides is 2. The third kappa shape index (κ3) is 2.11. The summed E-state index contributed by atoms with van der Waals surface area (Å²) < 4.78 is 72.8. The van der Waals surface area contributed by atoms with Gasteiger partial charge in [0.15, 0.2) is 17.5 Å². The van der Waals surface area contributed by atoms with E-state index in [1.165, 1.54) is 42.5 Å². The summed E-state index contributed by atoms with van der Waals surface area (Å²) in [4.78, 5) is 0. The molecule has 5 heteroatoms. The van der Waals surface area contributed by atoms with Gasteiger partial charge in [-0.2, -0.15) is 0 Å². The molecule has 0 radical (unpaired) electrons. The van der Waals surface area contributed by atoms with Crippen molar-refractivity contribution in [2.75, 3.05) is 0 Å². The van der Waals surface area contributed by atoms with Crippen molar-refractivity contribution >= 4 is 0 Å². The Hall–Kier alpha value is -2.43. The molecular formula is C18H11F5. The first kappa shape index (κ1) is 15.5. The molecule has 0 heterocycles. The summed E-state index contributed by atoms with van der Waals surface area (Å²) in [5.74, 6) is -5.91. The van der Waals surface area contributed by atoms with Gasteiger partial charge in [0.05, 0.1) is 0 Å². The van der Waals surface area contributed by atoms with E-state index in [0.717, 1.165) is 12.1 Å². The van der Waals surface area contributed by atoms with E-state index < -0.39 is 34.4 Å². The van der Waals surface area contributed by atoms with E-state index in [0.29, 0.717) is 0 Å². The van der Waals surface area contributed by atoms with E-state index in [2.05, 4.69) is 0 Å². The topological polar surface area (TPSA) is 0 Å². The molecule has 2 aromatic carbocycles. The van der Waals surface area contributed by atoms with Gasteiger partial charge in [-0.3, -0.25) is 0 Å². The van der Waals surface area contributed by atoms with Crippen LogP contribution in [0.2, 0.25) is 0 Å². The minimum absolute atomic E-state index is 0.147. The first-order valence-corrected chi connectivity index (χ1v) is 6.84. The average molecular weight is 322 g/mol. The van der Waals surface area contributed by atoms with Crippen LogP contribution in [0.4, 0.5) is 22.0 Å². The maximum absolute atomic E-state index is 15.6. The second-order valence-electron chi connectivity index (χ2n) is 5.22. The molecule has 2 unspecified atom stereocenters. The lowest BCUT2D eigenvalue weighted by molar-refractivity contribution is -0.0105. The first-order valence-electron chi connectivity index (χ1n) is 6.84. The van der Waals surface area contributed by atoms with Crippen LogP contribution < -0.4 is 0 Å². The highest BCUT2D eigenvalue weighted by Gasteiger charge is 2.62. The number of allylic oxidation sites excluding steroid dienone is 4. The van der Waals surface area contributed by atoms with Crippen LogP contribution in [0.3, 0.4) is 0 Å². The van der Waals surface area contributed by atoms with Crippen molar-refractivity contribution in [3.05, 3.63) is 95.3 Å². The van der Waals surface area contributed by atoms with E-state index in [1.54, 1.807) is 6.07 Å². The number of hydrogen-bond acceptors (Lipinski definition) is 0. The van der Waals surface area contributed by atoms with E-state index in [-0.39, 0.29) is 11.6 Å². The lowest BCUT2D eigenvalue weighted by atomic mass is 9.72. The predicted molar refractivity (Wildman–Crippen MR) is 76.9 cm³/mol. The monoisotopic (exact) mass is 322 g/mol. The standard InChI is InChI=1S/C18H11F5/c19-14-11-17(22,12-7-3-1-4-8-12)18(23,16(21)15(14)20)13-9-5-2-6-10-13/h1-11H. The highest BCUT2D eigenvalue weighted by molar-refractivity contribution is 5.50. The van der Waals surface area contributed by atoms with Crippen molar-refractivity contribution in [3.63, 3.8) is 0 Å². The Morgan fingerprint density at radius 1 is 0.652 bits per heavy atom. The summed E-state index contributed by atoms with van der Waals surface area (Å²) in [6.07, 6.45) is 0.147. The zero-order chi connectivity index (χ0) is 16.7. The maximum Gasteiger partial charge on any atom is 0.231 e. The zero-order valence-electron chi connectivity index (χ0n) is 11.7. The summed E-state index contributed by atoms with van der Waals surface area (Å²) in [6.45, 7) is 0. The second kappa shape index (κ2) is 5.33. The molecule has 2 aromatic rings. The molecule has 1 aliphatic rings. The Labute approximate surface area is 129 Å². The lowest BCUT2D eigenvalue weighted by Crippen LogP contribution is -2.44. The number of hydrogen-bond donors (Lipinski definition) is 0. The molecule has 0 aliphatic heterocycles. The van der Waals surface area contributed by atoms with E-state index >= 15 is 8.78 Å². The Balaban J connectivity index is 2.33. The fraction of sp³-hybridized carbons (Fsp3) is 0.111. The summed E-state index contributed by atoms with van der Waals surface area (Å²) in [7, 11) is 0. The van der Waals surface area contributed by atoms with Gasteiger partial charge >= 0.3 is 0 Å². The van der Waals surface area contributed by atoms with Gasteiger partial charge in [-0.25, -0.2) is 22.0 Å². The molecule has 0 saturated heterocycles. The highest BCUT2D eigenvalue weighted by Crippen LogP contribution is 2.57. The van der Waals surface area contributed by atoms with Gasteiger partial charge in [0.25, 0.3) is 0 Å². The van der Waals surface area contributed by atoms with Crippen molar-refractivity contribution in [3.8, 4) is 0 Å². The number of rotatable bonds is 2. The number of halogens is 5. The Morgan fingerprint density at radius 3 is 1.65 bits per heavy atom.